The van der Waals surface area contributed by atoms with E-state index in [1.807, 2.05) is 44.2 Å². The lowest BCUT2D eigenvalue weighted by Crippen LogP contribution is -2.28. The van der Waals surface area contributed by atoms with Crippen molar-refractivity contribution in [2.24, 2.45) is 0 Å². The van der Waals surface area contributed by atoms with Gasteiger partial charge in [0.1, 0.15) is 17.1 Å². The van der Waals surface area contributed by atoms with E-state index in [0.29, 0.717) is 5.57 Å². The first-order chi connectivity index (χ1) is 10.3. The van der Waals surface area contributed by atoms with Gasteiger partial charge in [0.2, 0.25) is 0 Å². The predicted molar refractivity (Wildman–Crippen MR) is 86.2 cm³/mol. The molecule has 1 aliphatic rings. The molecule has 1 aromatic carbocycles. The lowest BCUT2D eigenvalue weighted by atomic mass is 9.94. The molecule has 2 rings (SSSR count). The van der Waals surface area contributed by atoms with E-state index in [2.05, 4.69) is 0 Å². The van der Waals surface area contributed by atoms with E-state index in [0.717, 1.165) is 22.6 Å². The molecule has 4 nitrogen and oxygen atoms in total. The predicted octanol–water partition coefficient (Wildman–Crippen LogP) is 3.84. The highest BCUT2D eigenvalue weighted by Gasteiger charge is 2.25. The molecule has 0 fully saturated rings. The van der Waals surface area contributed by atoms with Crippen LogP contribution in [-0.4, -0.2) is 23.8 Å². The maximum absolute atomic E-state index is 10.7. The van der Waals surface area contributed by atoms with Crippen molar-refractivity contribution in [1.82, 2.24) is 0 Å². The van der Waals surface area contributed by atoms with E-state index in [1.165, 1.54) is 6.08 Å². The van der Waals surface area contributed by atoms with Crippen LogP contribution in [0, 0.1) is 0 Å². The van der Waals surface area contributed by atoms with E-state index < -0.39 is 11.6 Å². The molecule has 0 saturated carbocycles. The van der Waals surface area contributed by atoms with Crippen LogP contribution in [-0.2, 0) is 4.79 Å². The van der Waals surface area contributed by atoms with Crippen LogP contribution in [0.3, 0.4) is 0 Å². The molecular weight excluding hydrogens is 280 g/mol. The Morgan fingerprint density at radius 2 is 2.09 bits per heavy atom. The third-order valence-electron chi connectivity index (χ3n) is 3.25. The van der Waals surface area contributed by atoms with Gasteiger partial charge in [-0.1, -0.05) is 12.2 Å². The third-order valence-corrected chi connectivity index (χ3v) is 3.25. The maximum atomic E-state index is 10.7. The molecule has 1 aromatic rings. The van der Waals surface area contributed by atoms with Gasteiger partial charge in [0.15, 0.2) is 0 Å². The van der Waals surface area contributed by atoms with Gasteiger partial charge in [-0.3, -0.25) is 0 Å². The molecule has 22 heavy (non-hydrogen) atoms. The van der Waals surface area contributed by atoms with Crippen molar-refractivity contribution < 1.29 is 19.4 Å². The number of hydrogen-bond donors (Lipinski definition) is 1. The second-order valence-corrected chi connectivity index (χ2v) is 5.73. The lowest BCUT2D eigenvalue weighted by Gasteiger charge is -2.30. The number of carboxylic acid groups (broad SMARTS) is 1. The van der Waals surface area contributed by atoms with Crippen LogP contribution in [0.4, 0.5) is 0 Å². The van der Waals surface area contributed by atoms with Gasteiger partial charge in [0, 0.05) is 17.7 Å². The summed E-state index contributed by atoms with van der Waals surface area (Å²) in [6.45, 7) is 5.71. The molecule has 0 radical (unpaired) electrons. The molecule has 0 bridgehead atoms. The summed E-state index contributed by atoms with van der Waals surface area (Å²) in [7, 11) is 1.62. The summed E-state index contributed by atoms with van der Waals surface area (Å²) in [5.41, 5.74) is 2.18. The highest BCUT2D eigenvalue weighted by Crippen LogP contribution is 2.38. The molecule has 1 aliphatic heterocycles. The Kier molecular flexibility index (Phi) is 4.40. The topological polar surface area (TPSA) is 55.8 Å². The minimum absolute atomic E-state index is 0.441. The summed E-state index contributed by atoms with van der Waals surface area (Å²) in [6.07, 6.45) is 6.89. The number of aliphatic carboxylic acids is 1. The van der Waals surface area contributed by atoms with Gasteiger partial charge in [-0.2, -0.15) is 0 Å². The van der Waals surface area contributed by atoms with Gasteiger partial charge < -0.3 is 14.6 Å². The minimum atomic E-state index is -0.950. The maximum Gasteiger partial charge on any atom is 0.328 e. The summed E-state index contributed by atoms with van der Waals surface area (Å²) >= 11 is 0. The molecule has 0 saturated heterocycles. The van der Waals surface area contributed by atoms with Crippen molar-refractivity contribution in [3.8, 4) is 11.5 Å². The zero-order chi connectivity index (χ0) is 16.3. The number of carboxylic acids is 1. The van der Waals surface area contributed by atoms with Gasteiger partial charge in [-0.25, -0.2) is 4.79 Å². The van der Waals surface area contributed by atoms with Crippen molar-refractivity contribution in [2.75, 3.05) is 7.11 Å². The Labute approximate surface area is 130 Å². The van der Waals surface area contributed by atoms with Crippen molar-refractivity contribution in [2.45, 2.75) is 26.4 Å². The SMILES string of the molecule is COc1ccc2c(c1)OC(C)(C)C=C2C=CC(C)=CC(=O)O. The monoisotopic (exact) mass is 300 g/mol. The fraction of sp³-hybridized carbons (Fsp3) is 0.278. The number of fused-ring (bicyclic) bond motifs is 1. The average molecular weight is 300 g/mol. The fourth-order valence-corrected chi connectivity index (χ4v) is 2.32. The summed E-state index contributed by atoms with van der Waals surface area (Å²) in [5.74, 6) is 0.543. The molecule has 1 N–H and O–H groups in total. The molecular formula is C18H20O4. The van der Waals surface area contributed by atoms with Crippen molar-refractivity contribution >= 4 is 11.5 Å². The Bertz CT molecular complexity index is 678. The van der Waals surface area contributed by atoms with E-state index in [4.69, 9.17) is 14.6 Å². The smallest absolute Gasteiger partial charge is 0.328 e. The molecule has 0 spiro atoms. The van der Waals surface area contributed by atoms with Crippen LogP contribution in [0.25, 0.3) is 5.57 Å². The zero-order valence-electron chi connectivity index (χ0n) is 13.2. The van der Waals surface area contributed by atoms with Crippen LogP contribution >= 0.6 is 0 Å². The summed E-state index contributed by atoms with van der Waals surface area (Å²) in [4.78, 5) is 10.7. The van der Waals surface area contributed by atoms with Gasteiger partial charge in [-0.05, 0) is 50.1 Å². The van der Waals surface area contributed by atoms with Gasteiger partial charge in [0.25, 0.3) is 0 Å². The molecule has 0 atom stereocenters. The van der Waals surface area contributed by atoms with E-state index in [9.17, 15) is 4.79 Å². The van der Waals surface area contributed by atoms with Crippen LogP contribution in [0.2, 0.25) is 0 Å². The van der Waals surface area contributed by atoms with Gasteiger partial charge in [-0.15, -0.1) is 0 Å². The molecule has 0 aromatic heterocycles. The van der Waals surface area contributed by atoms with Gasteiger partial charge in [0.05, 0.1) is 7.11 Å². The molecule has 1 heterocycles. The number of ether oxygens (including phenoxy) is 2. The highest BCUT2D eigenvalue weighted by atomic mass is 16.5. The molecule has 0 unspecified atom stereocenters. The molecule has 0 amide bonds. The molecule has 116 valence electrons. The first-order valence-electron chi connectivity index (χ1n) is 7.00. The van der Waals surface area contributed by atoms with Crippen LogP contribution in [0.1, 0.15) is 26.3 Å². The fourth-order valence-electron chi connectivity index (χ4n) is 2.32. The van der Waals surface area contributed by atoms with E-state index >= 15 is 0 Å². The number of hydrogen-bond acceptors (Lipinski definition) is 3. The minimum Gasteiger partial charge on any atom is -0.497 e. The Hall–Kier alpha value is -2.49. The first-order valence-corrected chi connectivity index (χ1v) is 7.00. The van der Waals surface area contributed by atoms with Crippen molar-refractivity contribution in [3.63, 3.8) is 0 Å². The lowest BCUT2D eigenvalue weighted by molar-refractivity contribution is -0.131. The van der Waals surface area contributed by atoms with Crippen LogP contribution in [0.15, 0.2) is 48.1 Å². The standard InChI is InChI=1S/C18H20O4/c1-12(9-17(19)20)5-6-13-11-18(2,3)22-16-10-14(21-4)7-8-15(13)16/h5-11H,1-4H3,(H,19,20). The highest BCUT2D eigenvalue weighted by molar-refractivity contribution is 5.83. The van der Waals surface area contributed by atoms with Crippen molar-refractivity contribution in [1.29, 1.82) is 0 Å². The number of benzene rings is 1. The van der Waals surface area contributed by atoms with Crippen molar-refractivity contribution in [3.05, 3.63) is 53.6 Å². The summed E-state index contributed by atoms with van der Waals surface area (Å²) in [6, 6.07) is 5.68. The summed E-state index contributed by atoms with van der Waals surface area (Å²) in [5, 5.41) is 8.76. The zero-order valence-corrected chi connectivity index (χ0v) is 13.2. The second-order valence-electron chi connectivity index (χ2n) is 5.73. The Morgan fingerprint density at radius 3 is 2.73 bits per heavy atom. The molecule has 4 heteroatoms. The first kappa shape index (κ1) is 15.9. The number of allylic oxidation sites excluding steroid dienone is 4. The van der Waals surface area contributed by atoms with Gasteiger partial charge >= 0.3 is 5.97 Å². The second kappa shape index (κ2) is 6.10. The van der Waals surface area contributed by atoms with E-state index in [1.54, 1.807) is 20.1 Å². The normalized spacial score (nSPS) is 16.7. The van der Waals surface area contributed by atoms with Crippen LogP contribution < -0.4 is 9.47 Å². The Morgan fingerprint density at radius 1 is 1.36 bits per heavy atom. The quantitative estimate of drug-likeness (QED) is 0.678. The third kappa shape index (κ3) is 3.79. The average Bonchev–Trinajstić information content (AvgIpc) is 2.42. The number of carbonyl (C=O) groups is 1. The van der Waals surface area contributed by atoms with E-state index in [-0.39, 0.29) is 0 Å². The number of methoxy groups -OCH3 is 1. The molecule has 0 aliphatic carbocycles. The van der Waals surface area contributed by atoms with Crippen LogP contribution in [0.5, 0.6) is 11.5 Å². The Balaban J connectivity index is 2.40. The summed E-state index contributed by atoms with van der Waals surface area (Å²) < 4.78 is 11.2. The number of rotatable bonds is 4. The largest absolute Gasteiger partial charge is 0.497 e.